The van der Waals surface area contributed by atoms with Gasteiger partial charge in [-0.25, -0.2) is 8.42 Å². The maximum absolute atomic E-state index is 12.8. The molecule has 0 fully saturated rings. The molecule has 1 aliphatic rings. The van der Waals surface area contributed by atoms with Crippen molar-refractivity contribution in [3.63, 3.8) is 0 Å². The first-order chi connectivity index (χ1) is 13.2. The minimum Gasteiger partial charge on any atom is -0.497 e. The van der Waals surface area contributed by atoms with E-state index in [0.29, 0.717) is 39.2 Å². The molecule has 0 amide bonds. The molecule has 0 radical (unpaired) electrons. The van der Waals surface area contributed by atoms with Gasteiger partial charge in [-0.3, -0.25) is 4.79 Å². The Morgan fingerprint density at radius 1 is 1.07 bits per heavy atom. The maximum Gasteiger partial charge on any atom is 0.310 e. The van der Waals surface area contributed by atoms with E-state index in [0.717, 1.165) is 0 Å². The van der Waals surface area contributed by atoms with Crippen LogP contribution < -0.4 is 4.74 Å². The van der Waals surface area contributed by atoms with Crippen molar-refractivity contribution in [1.82, 2.24) is 0 Å². The van der Waals surface area contributed by atoms with Crippen molar-refractivity contribution in [2.45, 2.75) is 13.8 Å². The number of carbonyl (C=O) groups is 1. The van der Waals surface area contributed by atoms with Crippen LogP contribution in [0.1, 0.15) is 30.5 Å². The van der Waals surface area contributed by atoms with E-state index in [1.807, 2.05) is 6.07 Å². The first kappa shape index (κ1) is 19.9. The molecule has 6 heteroatoms. The molecule has 0 aromatic heterocycles. The van der Waals surface area contributed by atoms with Crippen molar-refractivity contribution < 1.29 is 23.1 Å². The summed E-state index contributed by atoms with van der Waals surface area (Å²) in [6, 6.07) is 14.2. The molecule has 0 heterocycles. The summed E-state index contributed by atoms with van der Waals surface area (Å²) in [7, 11) is -2.06. The third kappa shape index (κ3) is 3.36. The minimum absolute atomic E-state index is 0.199. The Bertz CT molecular complexity index is 1110. The maximum atomic E-state index is 12.8. The number of aliphatic carboxylic acids is 1. The van der Waals surface area contributed by atoms with Crippen molar-refractivity contribution in [3.8, 4) is 5.75 Å². The van der Waals surface area contributed by atoms with E-state index in [-0.39, 0.29) is 4.91 Å². The number of hydrogen-bond acceptors (Lipinski definition) is 4. The highest BCUT2D eigenvalue weighted by molar-refractivity contribution is 8.00. The fourth-order valence-electron chi connectivity index (χ4n) is 3.74. The van der Waals surface area contributed by atoms with E-state index in [1.54, 1.807) is 56.3 Å². The average molecular weight is 398 g/mol. The summed E-state index contributed by atoms with van der Waals surface area (Å²) in [5.74, 6) is -1.17. The zero-order valence-corrected chi connectivity index (χ0v) is 17.0. The lowest BCUT2D eigenvalue weighted by atomic mass is 9.93. The van der Waals surface area contributed by atoms with Crippen molar-refractivity contribution in [3.05, 3.63) is 70.8 Å². The Kier molecular flexibility index (Phi) is 5.17. The Hall–Kier alpha value is -2.86. The molecule has 0 saturated carbocycles. The molecule has 3 rings (SSSR count). The molecule has 0 saturated heterocycles. The first-order valence-corrected chi connectivity index (χ1v) is 10.7. The second kappa shape index (κ2) is 7.28. The highest BCUT2D eigenvalue weighted by Crippen LogP contribution is 2.49. The predicted octanol–water partition coefficient (Wildman–Crippen LogP) is 4.12. The third-order valence-corrected chi connectivity index (χ3v) is 6.18. The molecule has 5 nitrogen and oxygen atoms in total. The zero-order chi connectivity index (χ0) is 20.6. The quantitative estimate of drug-likeness (QED) is 0.820. The number of rotatable bonds is 5. The second-order valence-corrected chi connectivity index (χ2v) is 8.81. The summed E-state index contributed by atoms with van der Waals surface area (Å²) < 4.78 is 30.9. The Balaban J connectivity index is 2.46. The van der Waals surface area contributed by atoms with Crippen LogP contribution in [0.3, 0.4) is 0 Å². The zero-order valence-electron chi connectivity index (χ0n) is 16.2. The summed E-state index contributed by atoms with van der Waals surface area (Å²) in [6.07, 6.45) is 1.18. The number of sulfone groups is 1. The van der Waals surface area contributed by atoms with E-state index < -0.39 is 21.7 Å². The highest BCUT2D eigenvalue weighted by Gasteiger charge is 2.34. The van der Waals surface area contributed by atoms with Gasteiger partial charge in [-0.15, -0.1) is 0 Å². The molecule has 1 aliphatic carbocycles. The number of methoxy groups -OCH3 is 1. The van der Waals surface area contributed by atoms with Crippen LogP contribution in [0.2, 0.25) is 0 Å². The van der Waals surface area contributed by atoms with Crippen LogP contribution in [0.5, 0.6) is 5.75 Å². The Labute approximate surface area is 164 Å². The van der Waals surface area contributed by atoms with Gasteiger partial charge in [-0.1, -0.05) is 36.4 Å². The van der Waals surface area contributed by atoms with Gasteiger partial charge in [0.05, 0.1) is 17.9 Å². The van der Waals surface area contributed by atoms with Gasteiger partial charge in [-0.05, 0) is 53.8 Å². The number of hydrogen-bond donors (Lipinski definition) is 1. The molecule has 0 spiro atoms. The SMILES string of the molecule is COc1ccc2c(c1)C(C(C)C(=O)O)=C(C)C2=C(c1ccccc1)S(C)(=O)=O. The monoisotopic (exact) mass is 398 g/mol. The fraction of sp³-hybridized carbons (Fsp3) is 0.227. The standard InChI is InChI=1S/C22H22O5S/c1-13-19(14(2)22(23)24)18-12-16(27-3)10-11-17(18)20(13)21(28(4,25)26)15-8-6-5-7-9-15/h5-12,14H,1-4H3,(H,23,24). The predicted molar refractivity (Wildman–Crippen MR) is 110 cm³/mol. The fourth-order valence-corrected chi connectivity index (χ4v) is 4.94. The topological polar surface area (TPSA) is 80.7 Å². The lowest BCUT2D eigenvalue weighted by molar-refractivity contribution is -0.139. The van der Waals surface area contributed by atoms with Crippen LogP contribution in [-0.4, -0.2) is 32.9 Å². The van der Waals surface area contributed by atoms with Crippen molar-refractivity contribution in [2.75, 3.05) is 13.4 Å². The molecule has 1 N–H and O–H groups in total. The van der Waals surface area contributed by atoms with Gasteiger partial charge in [0, 0.05) is 11.8 Å². The molecule has 2 aromatic rings. The summed E-state index contributed by atoms with van der Waals surface area (Å²) in [6.45, 7) is 3.39. The number of fused-ring (bicyclic) bond motifs is 1. The number of carboxylic acid groups (broad SMARTS) is 1. The van der Waals surface area contributed by atoms with E-state index in [2.05, 4.69) is 0 Å². The number of carboxylic acids is 1. The molecular weight excluding hydrogens is 376 g/mol. The van der Waals surface area contributed by atoms with Gasteiger partial charge in [0.1, 0.15) is 5.75 Å². The molecular formula is C22H22O5S. The minimum atomic E-state index is -3.60. The number of benzene rings is 2. The summed E-state index contributed by atoms with van der Waals surface area (Å²) in [4.78, 5) is 11.9. The van der Waals surface area contributed by atoms with Crippen LogP contribution in [0, 0.1) is 5.92 Å². The van der Waals surface area contributed by atoms with Gasteiger partial charge in [0.25, 0.3) is 0 Å². The van der Waals surface area contributed by atoms with Crippen LogP contribution >= 0.6 is 0 Å². The number of ether oxygens (including phenoxy) is 1. The van der Waals surface area contributed by atoms with E-state index in [4.69, 9.17) is 4.74 Å². The molecule has 1 atom stereocenters. The molecule has 28 heavy (non-hydrogen) atoms. The van der Waals surface area contributed by atoms with Gasteiger partial charge < -0.3 is 9.84 Å². The van der Waals surface area contributed by atoms with Gasteiger partial charge in [0.2, 0.25) is 0 Å². The van der Waals surface area contributed by atoms with E-state index in [9.17, 15) is 18.3 Å². The highest BCUT2D eigenvalue weighted by atomic mass is 32.2. The molecule has 146 valence electrons. The molecule has 2 aromatic carbocycles. The molecule has 1 unspecified atom stereocenters. The second-order valence-electron chi connectivity index (χ2n) is 6.85. The van der Waals surface area contributed by atoms with Gasteiger partial charge >= 0.3 is 5.97 Å². The van der Waals surface area contributed by atoms with Crippen molar-refractivity contribution in [1.29, 1.82) is 0 Å². The summed E-state index contributed by atoms with van der Waals surface area (Å²) in [5, 5.41) is 9.61. The molecule has 0 aliphatic heterocycles. The molecule has 0 bridgehead atoms. The van der Waals surface area contributed by atoms with Crippen LogP contribution in [0.25, 0.3) is 16.1 Å². The summed E-state index contributed by atoms with van der Waals surface area (Å²) in [5.41, 5.74) is 3.78. The lowest BCUT2D eigenvalue weighted by Gasteiger charge is -2.13. The number of allylic oxidation sites excluding steroid dienone is 2. The van der Waals surface area contributed by atoms with Gasteiger partial charge in [0.15, 0.2) is 9.84 Å². The van der Waals surface area contributed by atoms with Crippen LogP contribution in [0.15, 0.2) is 54.1 Å². The largest absolute Gasteiger partial charge is 0.497 e. The summed E-state index contributed by atoms with van der Waals surface area (Å²) >= 11 is 0. The van der Waals surface area contributed by atoms with Crippen molar-refractivity contribution >= 4 is 31.9 Å². The van der Waals surface area contributed by atoms with Gasteiger partial charge in [-0.2, -0.15) is 0 Å². The average Bonchev–Trinajstić information content (AvgIpc) is 2.92. The van der Waals surface area contributed by atoms with Crippen molar-refractivity contribution in [2.24, 2.45) is 5.92 Å². The third-order valence-electron chi connectivity index (χ3n) is 5.00. The normalized spacial score (nSPS) is 16.6. The van der Waals surface area contributed by atoms with Crippen LogP contribution in [0.4, 0.5) is 0 Å². The lowest BCUT2D eigenvalue weighted by Crippen LogP contribution is -2.11. The van der Waals surface area contributed by atoms with E-state index in [1.165, 1.54) is 13.4 Å². The smallest absolute Gasteiger partial charge is 0.310 e. The Morgan fingerprint density at radius 3 is 2.25 bits per heavy atom. The first-order valence-electron chi connectivity index (χ1n) is 8.79. The van der Waals surface area contributed by atoms with Crippen LogP contribution in [-0.2, 0) is 14.6 Å². The Morgan fingerprint density at radius 2 is 1.71 bits per heavy atom. The van der Waals surface area contributed by atoms with E-state index >= 15 is 0 Å².